The number of para-hydroxylation sites is 2. The number of methoxy groups -OCH3 is 1. The second-order valence-corrected chi connectivity index (χ2v) is 8.55. The van der Waals surface area contributed by atoms with Gasteiger partial charge in [0.25, 0.3) is 0 Å². The van der Waals surface area contributed by atoms with E-state index in [1.54, 1.807) is 44.5 Å². The number of hydrogen-bond donors (Lipinski definition) is 2. The van der Waals surface area contributed by atoms with Gasteiger partial charge in [-0.2, -0.15) is 0 Å². The third-order valence-electron chi connectivity index (χ3n) is 4.16. The average molecular weight is 547 g/mol. The minimum atomic E-state index is -3.26. The van der Waals surface area contributed by atoms with Gasteiger partial charge >= 0.3 is 0 Å². The minimum Gasteiger partial charge on any atom is -0.493 e. The van der Waals surface area contributed by atoms with E-state index in [0.29, 0.717) is 41.9 Å². The van der Waals surface area contributed by atoms with Crippen LogP contribution in [-0.2, 0) is 9.84 Å². The lowest BCUT2D eigenvalue weighted by Crippen LogP contribution is -2.42. The molecule has 0 radical (unpaired) electrons. The highest BCUT2D eigenvalue weighted by molar-refractivity contribution is 14.0. The van der Waals surface area contributed by atoms with Gasteiger partial charge < -0.3 is 20.1 Å². The van der Waals surface area contributed by atoms with Crippen molar-refractivity contribution in [3.8, 4) is 11.5 Å². The zero-order valence-corrected chi connectivity index (χ0v) is 20.6. The second kappa shape index (κ2) is 13.3. The number of ether oxygens (including phenoxy) is 2. The molecule has 0 spiro atoms. The van der Waals surface area contributed by atoms with E-state index in [1.165, 1.54) is 0 Å². The fourth-order valence-corrected chi connectivity index (χ4v) is 3.98. The molecule has 0 heterocycles. The SMILES string of the molecule is CN=C(NCCCS(=O)(=O)c1ccccc1)NCC(C)Oc1ccccc1OC.I. The Bertz CT molecular complexity index is 892. The van der Waals surface area contributed by atoms with Crippen LogP contribution in [0.5, 0.6) is 11.5 Å². The van der Waals surface area contributed by atoms with Crippen molar-refractivity contribution in [1.82, 2.24) is 10.6 Å². The first kappa shape index (κ1) is 26.0. The van der Waals surface area contributed by atoms with E-state index in [0.717, 1.165) is 0 Å². The zero-order chi connectivity index (χ0) is 21.1. The number of nitrogens with one attached hydrogen (secondary N) is 2. The lowest BCUT2D eigenvalue weighted by molar-refractivity contribution is 0.213. The fourth-order valence-electron chi connectivity index (χ4n) is 2.65. The van der Waals surface area contributed by atoms with Gasteiger partial charge in [0.1, 0.15) is 6.10 Å². The number of nitrogens with zero attached hydrogens (tertiary/aromatic N) is 1. The molecule has 2 aromatic rings. The van der Waals surface area contributed by atoms with Crippen LogP contribution in [0.4, 0.5) is 0 Å². The van der Waals surface area contributed by atoms with Gasteiger partial charge in [0.15, 0.2) is 27.3 Å². The number of rotatable bonds is 10. The van der Waals surface area contributed by atoms with Gasteiger partial charge in [-0.05, 0) is 37.6 Å². The Kier molecular flexibility index (Phi) is 11.6. The van der Waals surface area contributed by atoms with Gasteiger partial charge in [-0.1, -0.05) is 30.3 Å². The molecule has 0 aliphatic carbocycles. The molecule has 166 valence electrons. The summed E-state index contributed by atoms with van der Waals surface area (Å²) in [5.41, 5.74) is 0. The topological polar surface area (TPSA) is 89.0 Å². The summed E-state index contributed by atoms with van der Waals surface area (Å²) >= 11 is 0. The van der Waals surface area contributed by atoms with Crippen LogP contribution in [0.2, 0.25) is 0 Å². The van der Waals surface area contributed by atoms with Crippen LogP contribution in [0.15, 0.2) is 64.5 Å². The van der Waals surface area contributed by atoms with Gasteiger partial charge in [0.05, 0.1) is 24.3 Å². The Morgan fingerprint density at radius 2 is 1.67 bits per heavy atom. The molecule has 7 nitrogen and oxygen atoms in total. The standard InChI is InChI=1S/C21H29N3O4S.HI/c1-17(28-20-13-8-7-12-19(20)27-3)16-24-21(22-2)23-14-9-15-29(25,26)18-10-5-4-6-11-18;/h4-8,10-13,17H,9,14-16H2,1-3H3,(H2,22,23,24);1H. The van der Waals surface area contributed by atoms with E-state index in [1.807, 2.05) is 31.2 Å². The van der Waals surface area contributed by atoms with Crippen LogP contribution >= 0.6 is 24.0 Å². The molecule has 1 atom stereocenters. The minimum absolute atomic E-state index is 0. The zero-order valence-electron chi connectivity index (χ0n) is 17.5. The number of guanidine groups is 1. The lowest BCUT2D eigenvalue weighted by atomic mass is 10.3. The summed E-state index contributed by atoms with van der Waals surface area (Å²) in [5, 5.41) is 6.31. The molecule has 0 aliphatic rings. The molecular formula is C21H30IN3O4S. The van der Waals surface area contributed by atoms with Gasteiger partial charge in [-0.25, -0.2) is 8.42 Å². The molecule has 30 heavy (non-hydrogen) atoms. The van der Waals surface area contributed by atoms with Crippen molar-refractivity contribution in [3.63, 3.8) is 0 Å². The molecule has 0 saturated carbocycles. The summed E-state index contributed by atoms with van der Waals surface area (Å²) in [5.74, 6) is 2.03. The maximum absolute atomic E-state index is 12.3. The molecule has 0 bridgehead atoms. The summed E-state index contributed by atoms with van der Waals surface area (Å²) < 4.78 is 35.8. The lowest BCUT2D eigenvalue weighted by Gasteiger charge is -2.19. The molecule has 0 fully saturated rings. The predicted octanol–water partition coefficient (Wildman–Crippen LogP) is 3.11. The molecule has 1 unspecified atom stereocenters. The quantitative estimate of drug-likeness (QED) is 0.206. The van der Waals surface area contributed by atoms with Gasteiger partial charge in [-0.3, -0.25) is 4.99 Å². The Morgan fingerprint density at radius 1 is 1.03 bits per heavy atom. The first-order chi connectivity index (χ1) is 14.0. The summed E-state index contributed by atoms with van der Waals surface area (Å²) in [6.45, 7) is 2.96. The first-order valence-electron chi connectivity index (χ1n) is 9.48. The van der Waals surface area contributed by atoms with E-state index < -0.39 is 9.84 Å². The number of benzene rings is 2. The molecular weight excluding hydrogens is 517 g/mol. The van der Waals surface area contributed by atoms with Crippen molar-refractivity contribution in [2.24, 2.45) is 4.99 Å². The first-order valence-corrected chi connectivity index (χ1v) is 11.1. The van der Waals surface area contributed by atoms with Crippen molar-refractivity contribution >= 4 is 39.8 Å². The van der Waals surface area contributed by atoms with Crippen molar-refractivity contribution in [3.05, 3.63) is 54.6 Å². The molecule has 0 aromatic heterocycles. The Labute approximate surface area is 196 Å². The Morgan fingerprint density at radius 3 is 2.30 bits per heavy atom. The van der Waals surface area contributed by atoms with Crippen molar-refractivity contribution < 1.29 is 17.9 Å². The smallest absolute Gasteiger partial charge is 0.191 e. The molecule has 2 aromatic carbocycles. The monoisotopic (exact) mass is 547 g/mol. The van der Waals surface area contributed by atoms with E-state index in [4.69, 9.17) is 9.47 Å². The summed E-state index contributed by atoms with van der Waals surface area (Å²) in [7, 11) is 0.0104. The molecule has 0 saturated heterocycles. The van der Waals surface area contributed by atoms with Crippen molar-refractivity contribution in [1.29, 1.82) is 0 Å². The highest BCUT2D eigenvalue weighted by Crippen LogP contribution is 2.26. The van der Waals surface area contributed by atoms with Crippen LogP contribution in [0.3, 0.4) is 0 Å². The van der Waals surface area contributed by atoms with Crippen LogP contribution in [0, 0.1) is 0 Å². The van der Waals surface area contributed by atoms with E-state index in [9.17, 15) is 8.42 Å². The van der Waals surface area contributed by atoms with E-state index >= 15 is 0 Å². The van der Waals surface area contributed by atoms with Gasteiger partial charge in [0, 0.05) is 13.6 Å². The summed E-state index contributed by atoms with van der Waals surface area (Å²) in [6, 6.07) is 16.0. The van der Waals surface area contributed by atoms with Crippen LogP contribution in [0.1, 0.15) is 13.3 Å². The second-order valence-electron chi connectivity index (χ2n) is 6.44. The highest BCUT2D eigenvalue weighted by atomic mass is 127. The predicted molar refractivity (Wildman–Crippen MR) is 131 cm³/mol. The molecule has 0 amide bonds. The maximum atomic E-state index is 12.3. The normalized spacial score (nSPS) is 12.4. The summed E-state index contributed by atoms with van der Waals surface area (Å²) in [4.78, 5) is 4.51. The molecule has 2 rings (SSSR count). The van der Waals surface area contributed by atoms with Crippen molar-refractivity contribution in [2.45, 2.75) is 24.3 Å². The van der Waals surface area contributed by atoms with E-state index in [-0.39, 0.29) is 35.8 Å². The third kappa shape index (κ3) is 8.39. The van der Waals surface area contributed by atoms with Crippen LogP contribution in [-0.4, -0.2) is 53.5 Å². The largest absolute Gasteiger partial charge is 0.493 e. The van der Waals surface area contributed by atoms with Gasteiger partial charge in [-0.15, -0.1) is 24.0 Å². The number of sulfone groups is 1. The Hall–Kier alpha value is -2.01. The average Bonchev–Trinajstić information content (AvgIpc) is 2.74. The van der Waals surface area contributed by atoms with Crippen LogP contribution < -0.4 is 20.1 Å². The fraction of sp³-hybridized carbons (Fsp3) is 0.381. The molecule has 2 N–H and O–H groups in total. The summed E-state index contributed by atoms with van der Waals surface area (Å²) in [6.07, 6.45) is 0.355. The highest BCUT2D eigenvalue weighted by Gasteiger charge is 2.13. The van der Waals surface area contributed by atoms with Crippen LogP contribution in [0.25, 0.3) is 0 Å². The van der Waals surface area contributed by atoms with Crippen molar-refractivity contribution in [2.75, 3.05) is 33.0 Å². The van der Waals surface area contributed by atoms with E-state index in [2.05, 4.69) is 15.6 Å². The maximum Gasteiger partial charge on any atom is 0.191 e. The number of halogens is 1. The third-order valence-corrected chi connectivity index (χ3v) is 5.98. The molecule has 9 heteroatoms. The molecule has 0 aliphatic heterocycles. The van der Waals surface area contributed by atoms with Gasteiger partial charge in [0.2, 0.25) is 0 Å². The Balaban J connectivity index is 0.00000450. The number of aliphatic imine (C=N–C) groups is 1. The number of hydrogen-bond acceptors (Lipinski definition) is 5.